The number of aliphatic imine (C=N–C) groups is 1. The minimum absolute atomic E-state index is 0.239. The SMILES string of the molecule is CC1C(c2cccc(Cc3cccc(-c4nc5ccccc5n4C)n3)n2)=Nc2ccccc21. The van der Waals surface area contributed by atoms with Crippen LogP contribution in [-0.4, -0.2) is 25.2 Å². The number of benzene rings is 2. The van der Waals surface area contributed by atoms with E-state index in [1.54, 1.807) is 0 Å². The second-order valence-corrected chi connectivity index (χ2v) is 8.47. The van der Waals surface area contributed by atoms with Gasteiger partial charge in [-0.25, -0.2) is 9.97 Å². The Bertz CT molecular complexity index is 1530. The molecule has 0 N–H and O–H groups in total. The zero-order chi connectivity index (χ0) is 22.4. The van der Waals surface area contributed by atoms with E-state index in [9.17, 15) is 0 Å². The van der Waals surface area contributed by atoms with Crippen molar-refractivity contribution >= 4 is 22.4 Å². The summed E-state index contributed by atoms with van der Waals surface area (Å²) >= 11 is 0. The van der Waals surface area contributed by atoms with Crippen molar-refractivity contribution in [3.63, 3.8) is 0 Å². The van der Waals surface area contributed by atoms with E-state index in [0.717, 1.165) is 51.0 Å². The van der Waals surface area contributed by atoms with E-state index < -0.39 is 0 Å². The quantitative estimate of drug-likeness (QED) is 0.360. The summed E-state index contributed by atoms with van der Waals surface area (Å²) in [7, 11) is 2.03. The molecule has 160 valence electrons. The van der Waals surface area contributed by atoms with E-state index in [4.69, 9.17) is 19.9 Å². The Labute approximate surface area is 192 Å². The van der Waals surface area contributed by atoms with Gasteiger partial charge in [-0.05, 0) is 48.0 Å². The lowest BCUT2D eigenvalue weighted by Crippen LogP contribution is -2.10. The average molecular weight is 430 g/mol. The lowest BCUT2D eigenvalue weighted by Gasteiger charge is -2.10. The first-order chi connectivity index (χ1) is 16.2. The number of para-hydroxylation sites is 3. The summed E-state index contributed by atoms with van der Waals surface area (Å²) in [5.74, 6) is 1.11. The largest absolute Gasteiger partial charge is 0.326 e. The number of hydrogen-bond donors (Lipinski definition) is 0. The second kappa shape index (κ2) is 7.78. The van der Waals surface area contributed by atoms with Crippen molar-refractivity contribution in [3.05, 3.63) is 108 Å². The van der Waals surface area contributed by atoms with Crippen molar-refractivity contribution in [2.45, 2.75) is 19.3 Å². The predicted octanol–water partition coefficient (Wildman–Crippen LogP) is 5.86. The van der Waals surface area contributed by atoms with Gasteiger partial charge in [-0.15, -0.1) is 0 Å². The third-order valence-electron chi connectivity index (χ3n) is 6.31. The van der Waals surface area contributed by atoms with Gasteiger partial charge in [0.05, 0.1) is 28.1 Å². The van der Waals surface area contributed by atoms with Crippen molar-refractivity contribution in [1.82, 2.24) is 19.5 Å². The number of hydrogen-bond acceptors (Lipinski definition) is 4. The van der Waals surface area contributed by atoms with Gasteiger partial charge in [0.15, 0.2) is 5.82 Å². The first-order valence-corrected chi connectivity index (χ1v) is 11.2. The molecule has 3 aromatic heterocycles. The van der Waals surface area contributed by atoms with Gasteiger partial charge < -0.3 is 4.57 Å². The number of imidazole rings is 1. The molecular formula is C28H23N5. The van der Waals surface area contributed by atoms with Crippen LogP contribution in [0.4, 0.5) is 5.69 Å². The molecule has 0 radical (unpaired) electrons. The molecule has 6 rings (SSSR count). The molecule has 1 unspecified atom stereocenters. The Morgan fingerprint density at radius 2 is 1.42 bits per heavy atom. The number of fused-ring (bicyclic) bond motifs is 2. The monoisotopic (exact) mass is 429 g/mol. The van der Waals surface area contributed by atoms with E-state index in [-0.39, 0.29) is 5.92 Å². The van der Waals surface area contributed by atoms with Crippen molar-refractivity contribution in [1.29, 1.82) is 0 Å². The number of pyridine rings is 2. The minimum atomic E-state index is 0.239. The highest BCUT2D eigenvalue weighted by atomic mass is 15.1. The van der Waals surface area contributed by atoms with E-state index >= 15 is 0 Å². The highest BCUT2D eigenvalue weighted by Crippen LogP contribution is 2.36. The van der Waals surface area contributed by atoms with E-state index in [1.807, 2.05) is 55.6 Å². The van der Waals surface area contributed by atoms with Crippen LogP contribution in [0.3, 0.4) is 0 Å². The molecule has 5 nitrogen and oxygen atoms in total. The molecule has 0 saturated carbocycles. The fourth-order valence-corrected chi connectivity index (χ4v) is 4.59. The van der Waals surface area contributed by atoms with Gasteiger partial charge in [0.2, 0.25) is 0 Å². The van der Waals surface area contributed by atoms with E-state index in [1.165, 1.54) is 5.56 Å². The molecule has 0 aliphatic carbocycles. The maximum atomic E-state index is 4.95. The fourth-order valence-electron chi connectivity index (χ4n) is 4.59. The Kier molecular flexibility index (Phi) is 4.61. The minimum Gasteiger partial charge on any atom is -0.326 e. The number of aryl methyl sites for hydroxylation is 1. The Morgan fingerprint density at radius 3 is 2.21 bits per heavy atom. The summed E-state index contributed by atoms with van der Waals surface area (Å²) in [5, 5.41) is 0. The molecule has 1 aliphatic rings. The second-order valence-electron chi connectivity index (χ2n) is 8.47. The molecule has 0 saturated heterocycles. The van der Waals surface area contributed by atoms with Crippen LogP contribution in [0, 0.1) is 0 Å². The molecule has 1 atom stereocenters. The fraction of sp³-hybridized carbons (Fsp3) is 0.143. The van der Waals surface area contributed by atoms with E-state index in [0.29, 0.717) is 6.42 Å². The van der Waals surface area contributed by atoms with Crippen LogP contribution < -0.4 is 0 Å². The van der Waals surface area contributed by atoms with Gasteiger partial charge in [-0.1, -0.05) is 49.4 Å². The smallest absolute Gasteiger partial charge is 0.159 e. The summed E-state index contributed by atoms with van der Waals surface area (Å²) in [6.07, 6.45) is 0.653. The first-order valence-electron chi connectivity index (χ1n) is 11.2. The molecule has 5 heteroatoms. The first kappa shape index (κ1) is 19.6. The van der Waals surface area contributed by atoms with Crippen molar-refractivity contribution in [3.8, 4) is 11.5 Å². The summed E-state index contributed by atoms with van der Waals surface area (Å²) in [6.45, 7) is 2.20. The maximum absolute atomic E-state index is 4.95. The number of nitrogens with zero attached hydrogens (tertiary/aromatic N) is 5. The van der Waals surface area contributed by atoms with Gasteiger partial charge in [-0.2, -0.15) is 0 Å². The van der Waals surface area contributed by atoms with Crippen molar-refractivity contribution in [2.75, 3.05) is 0 Å². The lowest BCUT2D eigenvalue weighted by atomic mass is 9.96. The third-order valence-corrected chi connectivity index (χ3v) is 6.31. The lowest BCUT2D eigenvalue weighted by molar-refractivity contribution is 0.938. The van der Waals surface area contributed by atoms with Gasteiger partial charge in [-0.3, -0.25) is 9.98 Å². The van der Waals surface area contributed by atoms with Crippen LogP contribution in [0.25, 0.3) is 22.6 Å². The summed E-state index contributed by atoms with van der Waals surface area (Å²) < 4.78 is 2.09. The molecule has 2 aromatic carbocycles. The van der Waals surface area contributed by atoms with Gasteiger partial charge in [0, 0.05) is 30.8 Å². The Balaban J connectivity index is 1.30. The topological polar surface area (TPSA) is 56.0 Å². The number of rotatable bonds is 4. The predicted molar refractivity (Wildman–Crippen MR) is 132 cm³/mol. The standard InChI is InChI=1S/C28H23N5/c1-18-21-11-3-4-12-22(21)31-27(18)24-14-7-9-19(29-24)17-20-10-8-15-25(30-20)28-32-23-13-5-6-16-26(23)33(28)2/h3-16,18H,17H2,1-2H3. The molecule has 0 bridgehead atoms. The van der Waals surface area contributed by atoms with Crippen LogP contribution in [0.2, 0.25) is 0 Å². The van der Waals surface area contributed by atoms with Crippen LogP contribution in [0.1, 0.15) is 35.5 Å². The van der Waals surface area contributed by atoms with Crippen LogP contribution in [0.15, 0.2) is 89.9 Å². The van der Waals surface area contributed by atoms with Gasteiger partial charge in [0.1, 0.15) is 5.69 Å². The van der Waals surface area contributed by atoms with Crippen LogP contribution in [-0.2, 0) is 13.5 Å². The molecule has 1 aliphatic heterocycles. The summed E-state index contributed by atoms with van der Waals surface area (Å²) in [5.41, 5.74) is 9.15. The highest BCUT2D eigenvalue weighted by Gasteiger charge is 2.25. The Morgan fingerprint density at radius 1 is 0.727 bits per heavy atom. The van der Waals surface area contributed by atoms with Gasteiger partial charge >= 0.3 is 0 Å². The van der Waals surface area contributed by atoms with Gasteiger partial charge in [0.25, 0.3) is 0 Å². The Hall–Kier alpha value is -4.12. The highest BCUT2D eigenvalue weighted by molar-refractivity contribution is 6.08. The molecule has 0 amide bonds. The molecule has 0 fully saturated rings. The molecule has 33 heavy (non-hydrogen) atoms. The summed E-state index contributed by atoms with van der Waals surface area (Å²) in [6, 6.07) is 28.7. The summed E-state index contributed by atoms with van der Waals surface area (Å²) in [4.78, 5) is 19.5. The molecule has 0 spiro atoms. The third kappa shape index (κ3) is 3.42. The zero-order valence-electron chi connectivity index (χ0n) is 18.6. The number of aromatic nitrogens is 4. The molecular weight excluding hydrogens is 406 g/mol. The molecule has 4 heterocycles. The van der Waals surface area contributed by atoms with Crippen molar-refractivity contribution < 1.29 is 0 Å². The normalized spacial score (nSPS) is 15.0. The van der Waals surface area contributed by atoms with E-state index in [2.05, 4.69) is 47.9 Å². The van der Waals surface area contributed by atoms with Crippen LogP contribution >= 0.6 is 0 Å². The molecule has 5 aromatic rings. The zero-order valence-corrected chi connectivity index (χ0v) is 18.6. The average Bonchev–Trinajstić information content (AvgIpc) is 3.37. The maximum Gasteiger partial charge on any atom is 0.159 e. The van der Waals surface area contributed by atoms with Crippen molar-refractivity contribution in [2.24, 2.45) is 12.0 Å². The van der Waals surface area contributed by atoms with Crippen LogP contribution in [0.5, 0.6) is 0 Å².